The molecule has 0 radical (unpaired) electrons. The molecule has 0 aliphatic rings. The summed E-state index contributed by atoms with van der Waals surface area (Å²) in [5.74, 6) is 0.963. The maximum absolute atomic E-state index is 5.66. The number of rotatable bonds is 4. The van der Waals surface area contributed by atoms with Crippen LogP contribution in [0.25, 0.3) is 16.9 Å². The molecule has 0 spiro atoms. The highest BCUT2D eigenvalue weighted by atomic mass is 15.1. The van der Waals surface area contributed by atoms with E-state index in [1.54, 1.807) is 6.20 Å². The molecule has 3 rings (SSSR count). The van der Waals surface area contributed by atoms with E-state index in [4.69, 9.17) is 10.7 Å². The summed E-state index contributed by atoms with van der Waals surface area (Å²) in [4.78, 5) is 9.19. The number of hydrogen-bond donors (Lipinski definition) is 1. The molecule has 0 amide bonds. The van der Waals surface area contributed by atoms with Crippen LogP contribution < -0.4 is 5.73 Å². The molecule has 1 aromatic carbocycles. The van der Waals surface area contributed by atoms with Crippen LogP contribution in [0.1, 0.15) is 18.3 Å². The second-order valence-electron chi connectivity index (χ2n) is 4.78. The van der Waals surface area contributed by atoms with Gasteiger partial charge >= 0.3 is 0 Å². The van der Waals surface area contributed by atoms with Crippen LogP contribution >= 0.6 is 0 Å². The van der Waals surface area contributed by atoms with Crippen LogP contribution in [0, 0.1) is 0 Å². The Bertz CT molecular complexity index is 713. The zero-order chi connectivity index (χ0) is 13.9. The Kier molecular flexibility index (Phi) is 3.48. The molecule has 4 nitrogen and oxygen atoms in total. The van der Waals surface area contributed by atoms with Crippen molar-refractivity contribution in [3.8, 4) is 11.3 Å². The van der Waals surface area contributed by atoms with Crippen LogP contribution in [-0.4, -0.2) is 20.9 Å². The van der Waals surface area contributed by atoms with Gasteiger partial charge in [-0.1, -0.05) is 31.2 Å². The Morgan fingerprint density at radius 1 is 1.20 bits per heavy atom. The molecule has 0 atom stereocenters. The maximum atomic E-state index is 5.66. The molecule has 102 valence electrons. The van der Waals surface area contributed by atoms with Crippen LogP contribution in [0.2, 0.25) is 0 Å². The minimum absolute atomic E-state index is 0.586. The monoisotopic (exact) mass is 266 g/mol. The lowest BCUT2D eigenvalue weighted by molar-refractivity contribution is 0.859. The van der Waals surface area contributed by atoms with E-state index in [1.165, 1.54) is 5.56 Å². The van der Waals surface area contributed by atoms with Crippen LogP contribution in [0.3, 0.4) is 0 Å². The first-order valence-electron chi connectivity index (χ1n) is 6.94. The van der Waals surface area contributed by atoms with Gasteiger partial charge in [-0.3, -0.25) is 4.40 Å². The van der Waals surface area contributed by atoms with Crippen molar-refractivity contribution in [1.29, 1.82) is 0 Å². The molecule has 20 heavy (non-hydrogen) atoms. The van der Waals surface area contributed by atoms with Crippen molar-refractivity contribution in [3.05, 3.63) is 54.1 Å². The van der Waals surface area contributed by atoms with Gasteiger partial charge in [-0.15, -0.1) is 0 Å². The number of hydrogen-bond acceptors (Lipinski definition) is 3. The lowest BCUT2D eigenvalue weighted by Crippen LogP contribution is -2.06. The quantitative estimate of drug-likeness (QED) is 0.789. The van der Waals surface area contributed by atoms with E-state index >= 15 is 0 Å². The first kappa shape index (κ1) is 12.8. The third-order valence-electron chi connectivity index (χ3n) is 3.48. The van der Waals surface area contributed by atoms with Crippen molar-refractivity contribution < 1.29 is 0 Å². The number of nitrogens with zero attached hydrogens (tertiary/aromatic N) is 3. The highest BCUT2D eigenvalue weighted by Crippen LogP contribution is 2.24. The Morgan fingerprint density at radius 3 is 2.70 bits per heavy atom. The van der Waals surface area contributed by atoms with Gasteiger partial charge in [0.15, 0.2) is 5.65 Å². The molecule has 0 aliphatic carbocycles. The second kappa shape index (κ2) is 5.43. The van der Waals surface area contributed by atoms with Gasteiger partial charge in [0, 0.05) is 24.4 Å². The summed E-state index contributed by atoms with van der Waals surface area (Å²) >= 11 is 0. The molecule has 0 fully saturated rings. The molecular weight excluding hydrogens is 248 g/mol. The average Bonchev–Trinajstić information content (AvgIpc) is 2.87. The zero-order valence-electron chi connectivity index (χ0n) is 11.6. The summed E-state index contributed by atoms with van der Waals surface area (Å²) in [6.45, 7) is 2.74. The smallest absolute Gasteiger partial charge is 0.164 e. The summed E-state index contributed by atoms with van der Waals surface area (Å²) in [6.07, 6.45) is 5.58. The Hall–Kier alpha value is -2.20. The Labute approximate surface area is 118 Å². The fourth-order valence-electron chi connectivity index (χ4n) is 2.38. The third-order valence-corrected chi connectivity index (χ3v) is 3.48. The van der Waals surface area contributed by atoms with Gasteiger partial charge in [-0.2, -0.15) is 0 Å². The summed E-state index contributed by atoms with van der Waals surface area (Å²) in [5, 5.41) is 0. The molecular formula is C16H18N4. The summed E-state index contributed by atoms with van der Waals surface area (Å²) in [5.41, 5.74) is 9.91. The van der Waals surface area contributed by atoms with Crippen molar-refractivity contribution in [2.45, 2.75) is 19.8 Å². The van der Waals surface area contributed by atoms with Crippen LogP contribution in [0.5, 0.6) is 0 Å². The largest absolute Gasteiger partial charge is 0.330 e. The van der Waals surface area contributed by atoms with Crippen molar-refractivity contribution in [3.63, 3.8) is 0 Å². The number of fused-ring (bicyclic) bond motifs is 1. The lowest BCUT2D eigenvalue weighted by Gasteiger charge is -2.00. The summed E-state index contributed by atoms with van der Waals surface area (Å²) in [6, 6.07) is 10.4. The number of nitrogens with two attached hydrogens (primary N) is 1. The third kappa shape index (κ3) is 2.18. The predicted octanol–water partition coefficient (Wildman–Crippen LogP) is 2.46. The SMILES string of the molecule is CCc1ccc(-c2nc(CCN)n3cccnc23)cc1. The molecule has 3 aromatic rings. The predicted molar refractivity (Wildman–Crippen MR) is 80.6 cm³/mol. The van der Waals surface area contributed by atoms with Crippen LogP contribution in [-0.2, 0) is 12.8 Å². The van der Waals surface area contributed by atoms with Crippen molar-refractivity contribution >= 4 is 5.65 Å². The van der Waals surface area contributed by atoms with Crippen LogP contribution in [0.15, 0.2) is 42.7 Å². The summed E-state index contributed by atoms with van der Waals surface area (Å²) in [7, 11) is 0. The van der Waals surface area contributed by atoms with Gasteiger partial charge in [-0.05, 0) is 24.6 Å². The van der Waals surface area contributed by atoms with E-state index in [2.05, 4.69) is 36.2 Å². The van der Waals surface area contributed by atoms with Gasteiger partial charge in [0.1, 0.15) is 11.5 Å². The zero-order valence-corrected chi connectivity index (χ0v) is 11.6. The van der Waals surface area contributed by atoms with E-state index < -0.39 is 0 Å². The molecule has 0 bridgehead atoms. The molecule has 2 N–H and O–H groups in total. The number of aromatic nitrogens is 3. The number of benzene rings is 1. The topological polar surface area (TPSA) is 56.2 Å². The van der Waals surface area contributed by atoms with E-state index in [1.807, 2.05) is 16.7 Å². The first-order chi connectivity index (χ1) is 9.83. The number of aryl methyl sites for hydroxylation is 1. The highest BCUT2D eigenvalue weighted by Gasteiger charge is 2.12. The normalized spacial score (nSPS) is 11.1. The molecule has 0 saturated heterocycles. The van der Waals surface area contributed by atoms with Gasteiger partial charge < -0.3 is 5.73 Å². The minimum Gasteiger partial charge on any atom is -0.330 e. The minimum atomic E-state index is 0.586. The fraction of sp³-hybridized carbons (Fsp3) is 0.250. The molecule has 2 aromatic heterocycles. The van der Waals surface area contributed by atoms with E-state index in [0.29, 0.717) is 6.54 Å². The van der Waals surface area contributed by atoms with E-state index in [9.17, 15) is 0 Å². The highest BCUT2D eigenvalue weighted by molar-refractivity contribution is 5.74. The van der Waals surface area contributed by atoms with Crippen molar-refractivity contribution in [1.82, 2.24) is 14.4 Å². The molecule has 0 unspecified atom stereocenters. The van der Waals surface area contributed by atoms with Gasteiger partial charge in [0.2, 0.25) is 0 Å². The van der Waals surface area contributed by atoms with Gasteiger partial charge in [0.25, 0.3) is 0 Å². The fourth-order valence-corrected chi connectivity index (χ4v) is 2.38. The number of imidazole rings is 1. The molecule has 0 saturated carbocycles. The Balaban J connectivity index is 2.14. The van der Waals surface area contributed by atoms with Crippen molar-refractivity contribution in [2.24, 2.45) is 5.73 Å². The van der Waals surface area contributed by atoms with E-state index in [0.717, 1.165) is 35.6 Å². The molecule has 0 aliphatic heterocycles. The molecule has 2 heterocycles. The van der Waals surface area contributed by atoms with Gasteiger partial charge in [0.05, 0.1) is 0 Å². The van der Waals surface area contributed by atoms with Crippen molar-refractivity contribution in [2.75, 3.05) is 6.54 Å². The molecule has 4 heteroatoms. The summed E-state index contributed by atoms with van der Waals surface area (Å²) < 4.78 is 2.02. The Morgan fingerprint density at radius 2 is 2.00 bits per heavy atom. The van der Waals surface area contributed by atoms with E-state index in [-0.39, 0.29) is 0 Å². The standard InChI is InChI=1S/C16H18N4/c1-2-12-4-6-13(7-5-12)15-16-18-10-3-11-20(16)14(19-15)8-9-17/h3-7,10-11H,2,8-9,17H2,1H3. The second-order valence-corrected chi connectivity index (χ2v) is 4.78. The maximum Gasteiger partial charge on any atom is 0.164 e. The van der Waals surface area contributed by atoms with Crippen LogP contribution in [0.4, 0.5) is 0 Å². The average molecular weight is 266 g/mol. The lowest BCUT2D eigenvalue weighted by atomic mass is 10.1. The van der Waals surface area contributed by atoms with Gasteiger partial charge in [-0.25, -0.2) is 9.97 Å². The first-order valence-corrected chi connectivity index (χ1v) is 6.94.